The summed E-state index contributed by atoms with van der Waals surface area (Å²) in [5.41, 5.74) is 0. The van der Waals surface area contributed by atoms with Gasteiger partial charge < -0.3 is 5.32 Å². The van der Waals surface area contributed by atoms with E-state index in [0.717, 1.165) is 12.8 Å². The molecule has 0 saturated heterocycles. The summed E-state index contributed by atoms with van der Waals surface area (Å²) in [6.45, 7) is 11.0. The van der Waals surface area contributed by atoms with Crippen LogP contribution < -0.4 is 5.32 Å². The minimum absolute atomic E-state index is 0.243. The van der Waals surface area contributed by atoms with E-state index in [1.165, 1.54) is 12.8 Å². The van der Waals surface area contributed by atoms with Crippen LogP contribution in [-0.4, -0.2) is 11.9 Å². The highest BCUT2D eigenvalue weighted by atomic mass is 16.1. The van der Waals surface area contributed by atoms with Crippen LogP contribution >= 0.6 is 0 Å². The van der Waals surface area contributed by atoms with Crippen LogP contribution in [0, 0.1) is 23.7 Å². The van der Waals surface area contributed by atoms with E-state index in [1.807, 2.05) is 0 Å². The maximum Gasteiger partial charge on any atom is 0.223 e. The quantitative estimate of drug-likeness (QED) is 0.798. The van der Waals surface area contributed by atoms with E-state index in [1.54, 1.807) is 0 Å². The molecule has 0 radical (unpaired) electrons. The van der Waals surface area contributed by atoms with E-state index >= 15 is 0 Å². The van der Waals surface area contributed by atoms with Crippen LogP contribution in [0.1, 0.15) is 60.3 Å². The molecule has 0 aliphatic heterocycles. The van der Waals surface area contributed by atoms with Crippen molar-refractivity contribution in [2.75, 3.05) is 0 Å². The van der Waals surface area contributed by atoms with Crippen LogP contribution in [0.3, 0.4) is 0 Å². The zero-order valence-corrected chi connectivity index (χ0v) is 12.1. The Bertz CT molecular complexity index is 249. The van der Waals surface area contributed by atoms with Gasteiger partial charge in [-0.25, -0.2) is 0 Å². The molecule has 0 heterocycles. The molecule has 0 spiro atoms. The average molecular weight is 239 g/mol. The van der Waals surface area contributed by atoms with Crippen LogP contribution in [0.2, 0.25) is 0 Å². The van der Waals surface area contributed by atoms with Crippen molar-refractivity contribution in [2.45, 2.75) is 66.3 Å². The standard InChI is InChI=1S/C15H29NO/c1-6-12(5)16-15(17)14-9-11(4)7-8-13(14)10(2)3/h10-14H,6-9H2,1-5H3,(H,16,17). The van der Waals surface area contributed by atoms with Crippen molar-refractivity contribution < 1.29 is 4.79 Å². The number of nitrogens with one attached hydrogen (secondary N) is 1. The van der Waals surface area contributed by atoms with Gasteiger partial charge >= 0.3 is 0 Å². The molecule has 1 aliphatic rings. The monoisotopic (exact) mass is 239 g/mol. The molecule has 1 rings (SSSR count). The lowest BCUT2D eigenvalue weighted by Gasteiger charge is -2.36. The van der Waals surface area contributed by atoms with Gasteiger partial charge in [0.2, 0.25) is 5.91 Å². The summed E-state index contributed by atoms with van der Waals surface area (Å²) in [5.74, 6) is 2.44. The summed E-state index contributed by atoms with van der Waals surface area (Å²) in [7, 11) is 0. The highest BCUT2D eigenvalue weighted by molar-refractivity contribution is 5.79. The van der Waals surface area contributed by atoms with Gasteiger partial charge in [0.25, 0.3) is 0 Å². The number of amides is 1. The zero-order valence-electron chi connectivity index (χ0n) is 12.1. The number of carbonyl (C=O) groups excluding carboxylic acids is 1. The van der Waals surface area contributed by atoms with Gasteiger partial charge in [-0.05, 0) is 43.9 Å². The summed E-state index contributed by atoms with van der Waals surface area (Å²) in [5, 5.41) is 3.17. The fourth-order valence-corrected chi connectivity index (χ4v) is 2.96. The highest BCUT2D eigenvalue weighted by Gasteiger charge is 2.35. The summed E-state index contributed by atoms with van der Waals surface area (Å²) in [6.07, 6.45) is 4.60. The molecule has 100 valence electrons. The molecule has 17 heavy (non-hydrogen) atoms. The van der Waals surface area contributed by atoms with Crippen molar-refractivity contribution in [2.24, 2.45) is 23.7 Å². The Kier molecular flexibility index (Phi) is 5.48. The van der Waals surface area contributed by atoms with Gasteiger partial charge in [-0.15, -0.1) is 0 Å². The molecule has 1 saturated carbocycles. The third-order valence-electron chi connectivity index (χ3n) is 4.36. The normalized spacial score (nSPS) is 31.3. The van der Waals surface area contributed by atoms with E-state index in [9.17, 15) is 4.79 Å². The maximum absolute atomic E-state index is 12.3. The topological polar surface area (TPSA) is 29.1 Å². The fraction of sp³-hybridized carbons (Fsp3) is 0.933. The fourth-order valence-electron chi connectivity index (χ4n) is 2.96. The SMILES string of the molecule is CCC(C)NC(=O)C1CC(C)CCC1C(C)C. The van der Waals surface area contributed by atoms with Crippen molar-refractivity contribution in [3.8, 4) is 0 Å². The zero-order chi connectivity index (χ0) is 13.0. The molecular weight excluding hydrogens is 210 g/mol. The predicted octanol–water partition coefficient (Wildman–Crippen LogP) is 3.61. The number of hydrogen-bond acceptors (Lipinski definition) is 1. The van der Waals surface area contributed by atoms with Gasteiger partial charge in [0.05, 0.1) is 0 Å². The first-order valence-electron chi connectivity index (χ1n) is 7.26. The molecule has 2 nitrogen and oxygen atoms in total. The van der Waals surface area contributed by atoms with Gasteiger partial charge in [0.15, 0.2) is 0 Å². The van der Waals surface area contributed by atoms with Crippen LogP contribution in [0.4, 0.5) is 0 Å². The molecule has 1 fully saturated rings. The lowest BCUT2D eigenvalue weighted by Crippen LogP contribution is -2.43. The van der Waals surface area contributed by atoms with E-state index in [2.05, 4.69) is 39.9 Å². The smallest absolute Gasteiger partial charge is 0.223 e. The first-order valence-corrected chi connectivity index (χ1v) is 7.26. The third kappa shape index (κ3) is 4.01. The first kappa shape index (κ1) is 14.5. The van der Waals surface area contributed by atoms with Gasteiger partial charge in [0.1, 0.15) is 0 Å². The Hall–Kier alpha value is -0.530. The molecule has 0 aromatic carbocycles. The van der Waals surface area contributed by atoms with Gasteiger partial charge in [-0.3, -0.25) is 4.79 Å². The molecule has 1 aliphatic carbocycles. The lowest BCUT2D eigenvalue weighted by molar-refractivity contribution is -0.129. The van der Waals surface area contributed by atoms with E-state index in [0.29, 0.717) is 29.7 Å². The van der Waals surface area contributed by atoms with Gasteiger partial charge in [0, 0.05) is 12.0 Å². The van der Waals surface area contributed by atoms with E-state index < -0.39 is 0 Å². The van der Waals surface area contributed by atoms with Crippen LogP contribution in [0.5, 0.6) is 0 Å². The minimum Gasteiger partial charge on any atom is -0.353 e. The molecule has 0 bridgehead atoms. The Labute approximate surface area is 107 Å². The molecule has 0 aromatic rings. The number of hydrogen-bond donors (Lipinski definition) is 1. The average Bonchev–Trinajstić information content (AvgIpc) is 2.28. The van der Waals surface area contributed by atoms with E-state index in [4.69, 9.17) is 0 Å². The van der Waals surface area contributed by atoms with Gasteiger partial charge in [-0.1, -0.05) is 34.1 Å². The third-order valence-corrected chi connectivity index (χ3v) is 4.36. The van der Waals surface area contributed by atoms with Crippen LogP contribution in [0.25, 0.3) is 0 Å². The Morgan fingerprint density at radius 2 is 1.94 bits per heavy atom. The number of carbonyl (C=O) groups is 1. The second-order valence-electron chi connectivity index (χ2n) is 6.25. The van der Waals surface area contributed by atoms with Crippen molar-refractivity contribution >= 4 is 5.91 Å². The van der Waals surface area contributed by atoms with Crippen molar-refractivity contribution in [3.05, 3.63) is 0 Å². The highest BCUT2D eigenvalue weighted by Crippen LogP contribution is 2.38. The molecule has 4 atom stereocenters. The summed E-state index contributed by atoms with van der Waals surface area (Å²) in [4.78, 5) is 12.3. The molecule has 0 aromatic heterocycles. The largest absolute Gasteiger partial charge is 0.353 e. The van der Waals surface area contributed by atoms with Gasteiger partial charge in [-0.2, -0.15) is 0 Å². The number of rotatable bonds is 4. The summed E-state index contributed by atoms with van der Waals surface area (Å²) < 4.78 is 0. The Balaban J connectivity index is 2.65. The summed E-state index contributed by atoms with van der Waals surface area (Å²) >= 11 is 0. The lowest BCUT2D eigenvalue weighted by atomic mass is 9.69. The minimum atomic E-state index is 0.243. The molecular formula is C15H29NO. The van der Waals surface area contributed by atoms with Crippen LogP contribution in [0.15, 0.2) is 0 Å². The van der Waals surface area contributed by atoms with Crippen molar-refractivity contribution in [3.63, 3.8) is 0 Å². The Morgan fingerprint density at radius 3 is 2.47 bits per heavy atom. The maximum atomic E-state index is 12.3. The molecule has 1 amide bonds. The second kappa shape index (κ2) is 6.42. The molecule has 4 unspecified atom stereocenters. The predicted molar refractivity (Wildman–Crippen MR) is 72.7 cm³/mol. The molecule has 1 N–H and O–H groups in total. The van der Waals surface area contributed by atoms with E-state index in [-0.39, 0.29) is 5.92 Å². The van der Waals surface area contributed by atoms with Crippen LogP contribution in [-0.2, 0) is 4.79 Å². The molecule has 2 heteroatoms. The van der Waals surface area contributed by atoms with Crippen molar-refractivity contribution in [1.82, 2.24) is 5.32 Å². The second-order valence-corrected chi connectivity index (χ2v) is 6.25. The Morgan fingerprint density at radius 1 is 1.29 bits per heavy atom. The van der Waals surface area contributed by atoms with Crippen molar-refractivity contribution in [1.29, 1.82) is 0 Å². The first-order chi connectivity index (χ1) is 7.95. The summed E-state index contributed by atoms with van der Waals surface area (Å²) in [6, 6.07) is 0.313.